The molecule has 0 radical (unpaired) electrons. The molecule has 0 saturated heterocycles. The number of aliphatic hydroxyl groups excluding tert-OH is 1. The molecule has 0 unspecified atom stereocenters. The summed E-state index contributed by atoms with van der Waals surface area (Å²) in [6.45, 7) is 3.81. The summed E-state index contributed by atoms with van der Waals surface area (Å²) < 4.78 is 0. The molecule has 0 aliphatic carbocycles. The Hall–Kier alpha value is -0.770. The molecule has 0 fully saturated rings. The topological polar surface area (TPSA) is 66.5 Å². The smallest absolute Gasteiger partial charge is 0.123 e. The SMILES string of the molecule is CCC[C@H](O)[C@H](N)c1cccc(C)c1O.Cl. The largest absolute Gasteiger partial charge is 0.507 e. The van der Waals surface area contributed by atoms with Crippen LogP contribution in [0.25, 0.3) is 0 Å². The van der Waals surface area contributed by atoms with E-state index in [0.717, 1.165) is 12.0 Å². The van der Waals surface area contributed by atoms with E-state index >= 15 is 0 Å². The van der Waals surface area contributed by atoms with Crippen LogP contribution in [0.2, 0.25) is 0 Å². The third kappa shape index (κ3) is 3.37. The van der Waals surface area contributed by atoms with Gasteiger partial charge in [0, 0.05) is 5.56 Å². The van der Waals surface area contributed by atoms with E-state index in [1.807, 2.05) is 26.0 Å². The summed E-state index contributed by atoms with van der Waals surface area (Å²) >= 11 is 0. The number of aromatic hydroxyl groups is 1. The third-order valence-electron chi connectivity index (χ3n) is 2.63. The van der Waals surface area contributed by atoms with Crippen molar-refractivity contribution in [1.29, 1.82) is 0 Å². The van der Waals surface area contributed by atoms with Crippen LogP contribution in [0.3, 0.4) is 0 Å². The summed E-state index contributed by atoms with van der Waals surface area (Å²) in [6.07, 6.45) is 0.929. The Bertz CT molecular complexity index is 331. The fraction of sp³-hybridized carbons (Fsp3) is 0.500. The summed E-state index contributed by atoms with van der Waals surface area (Å²) in [5.41, 5.74) is 7.29. The molecule has 1 rings (SSSR count). The van der Waals surface area contributed by atoms with Gasteiger partial charge in [0.1, 0.15) is 5.75 Å². The molecule has 0 heterocycles. The maximum Gasteiger partial charge on any atom is 0.123 e. The molecule has 4 N–H and O–H groups in total. The van der Waals surface area contributed by atoms with Crippen LogP contribution in [0.4, 0.5) is 0 Å². The van der Waals surface area contributed by atoms with E-state index in [0.29, 0.717) is 12.0 Å². The van der Waals surface area contributed by atoms with Crippen molar-refractivity contribution in [3.8, 4) is 5.75 Å². The molecule has 0 aliphatic rings. The zero-order valence-electron chi connectivity index (χ0n) is 9.68. The number of phenols is 1. The molecule has 4 heteroatoms. The minimum Gasteiger partial charge on any atom is -0.507 e. The van der Waals surface area contributed by atoms with Gasteiger partial charge in [0.25, 0.3) is 0 Å². The number of rotatable bonds is 4. The minimum absolute atomic E-state index is 0. The van der Waals surface area contributed by atoms with Crippen molar-refractivity contribution < 1.29 is 10.2 Å². The summed E-state index contributed by atoms with van der Waals surface area (Å²) in [4.78, 5) is 0. The predicted molar refractivity (Wildman–Crippen MR) is 67.9 cm³/mol. The molecule has 0 aliphatic heterocycles. The van der Waals surface area contributed by atoms with E-state index in [1.165, 1.54) is 0 Å². The van der Waals surface area contributed by atoms with Crippen molar-refractivity contribution in [3.05, 3.63) is 29.3 Å². The third-order valence-corrected chi connectivity index (χ3v) is 2.63. The first-order valence-electron chi connectivity index (χ1n) is 5.30. The lowest BCUT2D eigenvalue weighted by molar-refractivity contribution is 0.133. The molecule has 16 heavy (non-hydrogen) atoms. The van der Waals surface area contributed by atoms with E-state index in [9.17, 15) is 10.2 Å². The van der Waals surface area contributed by atoms with Crippen LogP contribution < -0.4 is 5.73 Å². The normalized spacial score (nSPS) is 14.0. The number of halogens is 1. The van der Waals surface area contributed by atoms with Crippen LogP contribution in [0.15, 0.2) is 18.2 Å². The number of para-hydroxylation sites is 1. The summed E-state index contributed by atoms with van der Waals surface area (Å²) in [6, 6.07) is 4.90. The van der Waals surface area contributed by atoms with Gasteiger partial charge in [0.2, 0.25) is 0 Å². The lowest BCUT2D eigenvalue weighted by Gasteiger charge is -2.20. The zero-order chi connectivity index (χ0) is 11.4. The Morgan fingerprint density at radius 3 is 2.56 bits per heavy atom. The molecule has 3 nitrogen and oxygen atoms in total. The number of phenolic OH excluding ortho intramolecular Hbond substituents is 1. The molecule has 0 spiro atoms. The molecule has 0 saturated carbocycles. The van der Waals surface area contributed by atoms with Crippen molar-refractivity contribution >= 4 is 12.4 Å². The highest BCUT2D eigenvalue weighted by Crippen LogP contribution is 2.28. The predicted octanol–water partition coefficient (Wildman–Crippen LogP) is 2.28. The molecule has 2 atom stereocenters. The molecular formula is C12H20ClNO2. The van der Waals surface area contributed by atoms with E-state index in [2.05, 4.69) is 0 Å². The van der Waals surface area contributed by atoms with Crippen molar-refractivity contribution in [3.63, 3.8) is 0 Å². The first-order valence-corrected chi connectivity index (χ1v) is 5.30. The van der Waals surface area contributed by atoms with Crippen LogP contribution in [0, 0.1) is 6.92 Å². The summed E-state index contributed by atoms with van der Waals surface area (Å²) in [5.74, 6) is 0.195. The molecule has 92 valence electrons. The maximum absolute atomic E-state index is 9.79. The second-order valence-electron chi connectivity index (χ2n) is 3.89. The van der Waals surface area contributed by atoms with Crippen LogP contribution in [-0.2, 0) is 0 Å². The number of aryl methyl sites for hydroxylation is 1. The Labute approximate surface area is 103 Å². The van der Waals surface area contributed by atoms with E-state index in [4.69, 9.17) is 5.73 Å². The van der Waals surface area contributed by atoms with Crippen LogP contribution in [0.5, 0.6) is 5.75 Å². The van der Waals surface area contributed by atoms with Crippen molar-refractivity contribution in [2.24, 2.45) is 5.73 Å². The first-order chi connectivity index (χ1) is 7.07. The van der Waals surface area contributed by atoms with Gasteiger partial charge in [-0.25, -0.2) is 0 Å². The minimum atomic E-state index is -0.595. The monoisotopic (exact) mass is 245 g/mol. The average molecular weight is 246 g/mol. The van der Waals surface area contributed by atoms with Gasteiger partial charge in [-0.1, -0.05) is 31.5 Å². The van der Waals surface area contributed by atoms with Gasteiger partial charge >= 0.3 is 0 Å². The van der Waals surface area contributed by atoms with Gasteiger partial charge in [-0.05, 0) is 18.9 Å². The fourth-order valence-electron chi connectivity index (χ4n) is 1.63. The lowest BCUT2D eigenvalue weighted by atomic mass is 9.97. The van der Waals surface area contributed by atoms with Gasteiger partial charge in [-0.3, -0.25) is 0 Å². The second-order valence-corrected chi connectivity index (χ2v) is 3.89. The Morgan fingerprint density at radius 1 is 1.38 bits per heavy atom. The van der Waals surface area contributed by atoms with E-state index in [1.54, 1.807) is 6.07 Å². The average Bonchev–Trinajstić information content (AvgIpc) is 2.21. The summed E-state index contributed by atoms with van der Waals surface area (Å²) in [5, 5.41) is 19.5. The Balaban J connectivity index is 0.00000225. The summed E-state index contributed by atoms with van der Waals surface area (Å²) in [7, 11) is 0. The lowest BCUT2D eigenvalue weighted by Crippen LogP contribution is -2.26. The van der Waals surface area contributed by atoms with Crippen LogP contribution in [0.1, 0.15) is 36.9 Å². The van der Waals surface area contributed by atoms with Crippen LogP contribution >= 0.6 is 12.4 Å². The molecule has 1 aromatic carbocycles. The Kier molecular flexibility index (Phi) is 6.41. The Morgan fingerprint density at radius 2 is 2.00 bits per heavy atom. The van der Waals surface area contributed by atoms with Crippen LogP contribution in [-0.4, -0.2) is 16.3 Å². The van der Waals surface area contributed by atoms with Gasteiger partial charge in [0.15, 0.2) is 0 Å². The highest BCUT2D eigenvalue weighted by molar-refractivity contribution is 5.85. The van der Waals surface area contributed by atoms with Gasteiger partial charge < -0.3 is 15.9 Å². The van der Waals surface area contributed by atoms with E-state index < -0.39 is 12.1 Å². The van der Waals surface area contributed by atoms with Gasteiger partial charge in [-0.15, -0.1) is 12.4 Å². The van der Waals surface area contributed by atoms with E-state index in [-0.39, 0.29) is 18.2 Å². The highest BCUT2D eigenvalue weighted by Gasteiger charge is 2.19. The van der Waals surface area contributed by atoms with Gasteiger partial charge in [0.05, 0.1) is 12.1 Å². The quantitative estimate of drug-likeness (QED) is 0.763. The van der Waals surface area contributed by atoms with Crippen molar-refractivity contribution in [2.75, 3.05) is 0 Å². The highest BCUT2D eigenvalue weighted by atomic mass is 35.5. The standard InChI is InChI=1S/C12H19NO2.ClH/c1-3-5-10(14)11(13)9-7-4-6-8(2)12(9)15;/h4,6-7,10-11,14-15H,3,5,13H2,1-2H3;1H/t10-,11+;/m0./s1. The molecule has 0 bridgehead atoms. The van der Waals surface area contributed by atoms with Crippen molar-refractivity contribution in [2.45, 2.75) is 38.8 Å². The number of aliphatic hydroxyl groups is 1. The second kappa shape index (κ2) is 6.74. The number of hydrogen-bond donors (Lipinski definition) is 3. The number of benzene rings is 1. The molecule has 0 amide bonds. The molecular weight excluding hydrogens is 226 g/mol. The van der Waals surface area contributed by atoms with Crippen molar-refractivity contribution in [1.82, 2.24) is 0 Å². The number of nitrogens with two attached hydrogens (primary N) is 1. The maximum atomic E-state index is 9.79. The molecule has 0 aromatic heterocycles. The number of hydrogen-bond acceptors (Lipinski definition) is 3. The van der Waals surface area contributed by atoms with Gasteiger partial charge in [-0.2, -0.15) is 0 Å². The fourth-order valence-corrected chi connectivity index (χ4v) is 1.63. The zero-order valence-corrected chi connectivity index (χ0v) is 10.5. The molecule has 1 aromatic rings. The first kappa shape index (κ1) is 15.2.